The number of nitrogens with one attached hydrogen (secondary N) is 1. The SMILES string of the molecule is C\C=C(C=N)/C(C)=N/C(C(=O)N1CCOCC1(C)C)=C(\C)CCc1cc(OC)c(OC(C)C)cc1C. The second-order valence-electron chi connectivity index (χ2n) is 10.1. The molecule has 1 aromatic carbocycles. The first-order valence-electron chi connectivity index (χ1n) is 12.6. The van der Waals surface area contributed by atoms with Crippen LogP contribution in [0.5, 0.6) is 11.5 Å². The number of ether oxygens (including phenoxy) is 3. The summed E-state index contributed by atoms with van der Waals surface area (Å²) in [5.74, 6) is 1.34. The van der Waals surface area contributed by atoms with Crippen LogP contribution < -0.4 is 9.47 Å². The zero-order chi connectivity index (χ0) is 27.0. The van der Waals surface area contributed by atoms with Crippen molar-refractivity contribution >= 4 is 17.8 Å². The van der Waals surface area contributed by atoms with E-state index in [0.29, 0.717) is 48.9 Å². The first-order valence-corrected chi connectivity index (χ1v) is 12.6. The smallest absolute Gasteiger partial charge is 0.273 e. The molecule has 1 fully saturated rings. The van der Waals surface area contributed by atoms with Gasteiger partial charge in [-0.1, -0.05) is 6.08 Å². The van der Waals surface area contributed by atoms with Crippen LogP contribution in [0.15, 0.2) is 40.0 Å². The third-order valence-corrected chi connectivity index (χ3v) is 6.42. The van der Waals surface area contributed by atoms with E-state index in [1.54, 1.807) is 7.11 Å². The fourth-order valence-corrected chi connectivity index (χ4v) is 4.24. The summed E-state index contributed by atoms with van der Waals surface area (Å²) >= 11 is 0. The quantitative estimate of drug-likeness (QED) is 0.332. The Kier molecular flexibility index (Phi) is 10.5. The number of nitrogens with zero attached hydrogens (tertiary/aromatic N) is 2. The molecule has 0 radical (unpaired) electrons. The maximum atomic E-state index is 13.8. The molecule has 198 valence electrons. The van der Waals surface area contributed by atoms with Gasteiger partial charge in [0.25, 0.3) is 5.91 Å². The second-order valence-corrected chi connectivity index (χ2v) is 10.1. The Morgan fingerprint density at radius 3 is 2.53 bits per heavy atom. The fourth-order valence-electron chi connectivity index (χ4n) is 4.24. The normalized spacial score (nSPS) is 17.1. The Bertz CT molecular complexity index is 1050. The average molecular weight is 498 g/mol. The number of hydrogen-bond acceptors (Lipinski definition) is 6. The van der Waals surface area contributed by atoms with Gasteiger partial charge in [0.2, 0.25) is 0 Å². The van der Waals surface area contributed by atoms with Gasteiger partial charge < -0.3 is 24.5 Å². The zero-order valence-corrected chi connectivity index (χ0v) is 23.4. The largest absolute Gasteiger partial charge is 0.493 e. The van der Waals surface area contributed by atoms with Crippen molar-refractivity contribution in [2.45, 2.75) is 79.9 Å². The van der Waals surface area contributed by atoms with Crippen molar-refractivity contribution in [2.24, 2.45) is 4.99 Å². The van der Waals surface area contributed by atoms with Gasteiger partial charge in [0, 0.05) is 24.0 Å². The number of aryl methyl sites for hydroxylation is 2. The van der Waals surface area contributed by atoms with Gasteiger partial charge in [-0.2, -0.15) is 0 Å². The topological polar surface area (TPSA) is 84.2 Å². The number of rotatable bonds is 10. The van der Waals surface area contributed by atoms with Crippen molar-refractivity contribution in [3.05, 3.63) is 46.2 Å². The summed E-state index contributed by atoms with van der Waals surface area (Å²) in [7, 11) is 1.65. The Hall–Kier alpha value is -2.93. The van der Waals surface area contributed by atoms with Crippen LogP contribution in [-0.4, -0.2) is 61.2 Å². The van der Waals surface area contributed by atoms with E-state index < -0.39 is 5.54 Å². The summed E-state index contributed by atoms with van der Waals surface area (Å²) in [6.45, 7) is 17.3. The van der Waals surface area contributed by atoms with Gasteiger partial charge in [-0.25, -0.2) is 4.99 Å². The van der Waals surface area contributed by atoms with E-state index in [0.717, 1.165) is 28.9 Å². The lowest BCUT2D eigenvalue weighted by Gasteiger charge is -2.42. The van der Waals surface area contributed by atoms with E-state index in [1.807, 2.05) is 71.6 Å². The summed E-state index contributed by atoms with van der Waals surface area (Å²) in [6.07, 6.45) is 4.54. The molecular formula is C29H43N3O4. The molecule has 0 saturated carbocycles. The Balaban J connectivity index is 2.45. The first kappa shape index (κ1) is 29.3. The Morgan fingerprint density at radius 2 is 1.97 bits per heavy atom. The molecule has 7 heteroatoms. The number of hydrogen-bond donors (Lipinski definition) is 1. The van der Waals surface area contributed by atoms with Crippen LogP contribution in [-0.2, 0) is 16.0 Å². The van der Waals surface area contributed by atoms with E-state index in [9.17, 15) is 4.79 Å². The van der Waals surface area contributed by atoms with Gasteiger partial charge in [-0.15, -0.1) is 0 Å². The van der Waals surface area contributed by atoms with Crippen molar-refractivity contribution < 1.29 is 19.0 Å². The first-order chi connectivity index (χ1) is 16.9. The molecule has 7 nitrogen and oxygen atoms in total. The van der Waals surface area contributed by atoms with Crippen molar-refractivity contribution in [1.29, 1.82) is 5.41 Å². The number of methoxy groups -OCH3 is 1. The Labute approximate surface area is 216 Å². The fraction of sp³-hybridized carbons (Fsp3) is 0.552. The van der Waals surface area contributed by atoms with Crippen molar-refractivity contribution in [3.63, 3.8) is 0 Å². The summed E-state index contributed by atoms with van der Waals surface area (Å²) in [5, 5.41) is 7.70. The van der Waals surface area contributed by atoms with Crippen LogP contribution in [0.2, 0.25) is 0 Å². The van der Waals surface area contributed by atoms with E-state index in [1.165, 1.54) is 6.21 Å². The van der Waals surface area contributed by atoms with Crippen molar-refractivity contribution in [2.75, 3.05) is 26.9 Å². The molecule has 36 heavy (non-hydrogen) atoms. The lowest BCUT2D eigenvalue weighted by atomic mass is 9.97. The molecule has 1 aliphatic rings. The molecule has 1 N–H and O–H groups in total. The molecule has 1 aliphatic heterocycles. The molecule has 1 saturated heterocycles. The van der Waals surface area contributed by atoms with E-state index in [-0.39, 0.29) is 12.0 Å². The van der Waals surface area contributed by atoms with Crippen LogP contribution in [0, 0.1) is 12.3 Å². The van der Waals surface area contributed by atoms with E-state index >= 15 is 0 Å². The molecule has 0 atom stereocenters. The third kappa shape index (κ3) is 7.29. The minimum atomic E-state index is -0.425. The number of benzene rings is 1. The molecular weight excluding hydrogens is 454 g/mol. The second kappa shape index (κ2) is 12.9. The van der Waals surface area contributed by atoms with E-state index in [4.69, 9.17) is 24.6 Å². The van der Waals surface area contributed by atoms with Crippen LogP contribution in [0.25, 0.3) is 0 Å². The lowest BCUT2D eigenvalue weighted by molar-refractivity contribution is -0.142. The highest BCUT2D eigenvalue weighted by Gasteiger charge is 2.36. The number of aliphatic imine (C=N–C) groups is 1. The monoisotopic (exact) mass is 497 g/mol. The number of amides is 1. The van der Waals surface area contributed by atoms with Crippen LogP contribution in [0.1, 0.15) is 66.0 Å². The number of carbonyl (C=O) groups is 1. The van der Waals surface area contributed by atoms with Gasteiger partial charge in [-0.05, 0) is 97.1 Å². The highest BCUT2D eigenvalue weighted by molar-refractivity contribution is 6.15. The molecule has 1 heterocycles. The average Bonchev–Trinajstić information content (AvgIpc) is 2.81. The summed E-state index contributed by atoms with van der Waals surface area (Å²) < 4.78 is 17.1. The van der Waals surface area contributed by atoms with Crippen molar-refractivity contribution in [3.8, 4) is 11.5 Å². The minimum absolute atomic E-state index is 0.0523. The highest BCUT2D eigenvalue weighted by Crippen LogP contribution is 2.33. The molecule has 0 bridgehead atoms. The molecule has 1 amide bonds. The van der Waals surface area contributed by atoms with Crippen LogP contribution in [0.3, 0.4) is 0 Å². The van der Waals surface area contributed by atoms with Crippen LogP contribution in [0.4, 0.5) is 0 Å². The molecule has 0 aliphatic carbocycles. The molecule has 0 unspecified atom stereocenters. The standard InChI is InChI=1S/C29H43N3O4/c1-10-23(17-30)22(6)31-27(28(33)32-13-14-35-18-29(32,7)8)20(4)11-12-24-16-25(34-9)26(15-21(24)5)36-19(2)3/h10,15-17,19,30H,11-14,18H2,1-9H3/b23-10-,27-20+,30-17?,31-22+. The molecule has 0 spiro atoms. The summed E-state index contributed by atoms with van der Waals surface area (Å²) in [6, 6.07) is 4.04. The minimum Gasteiger partial charge on any atom is -0.493 e. The third-order valence-electron chi connectivity index (χ3n) is 6.42. The van der Waals surface area contributed by atoms with Gasteiger partial charge in [0.05, 0.1) is 32.0 Å². The molecule has 1 aromatic rings. The van der Waals surface area contributed by atoms with Gasteiger partial charge in [0.15, 0.2) is 11.5 Å². The molecule has 0 aromatic heterocycles. The number of morpholine rings is 1. The number of allylic oxidation sites excluding steroid dienone is 3. The highest BCUT2D eigenvalue weighted by atomic mass is 16.5. The zero-order valence-electron chi connectivity index (χ0n) is 23.4. The predicted octanol–water partition coefficient (Wildman–Crippen LogP) is 5.69. The summed E-state index contributed by atoms with van der Waals surface area (Å²) in [4.78, 5) is 20.4. The van der Waals surface area contributed by atoms with Gasteiger partial charge >= 0.3 is 0 Å². The molecule has 2 rings (SSSR count). The van der Waals surface area contributed by atoms with E-state index in [2.05, 4.69) is 6.92 Å². The maximum absolute atomic E-state index is 13.8. The van der Waals surface area contributed by atoms with Gasteiger partial charge in [-0.3, -0.25) is 4.79 Å². The predicted molar refractivity (Wildman–Crippen MR) is 147 cm³/mol. The summed E-state index contributed by atoms with van der Waals surface area (Å²) in [5.41, 5.74) is 4.50. The Morgan fingerprint density at radius 1 is 1.28 bits per heavy atom. The van der Waals surface area contributed by atoms with Crippen molar-refractivity contribution in [1.82, 2.24) is 4.90 Å². The lowest BCUT2D eigenvalue weighted by Crippen LogP contribution is -2.55. The number of carbonyl (C=O) groups excluding carboxylic acids is 1. The van der Waals surface area contributed by atoms with Gasteiger partial charge in [0.1, 0.15) is 5.70 Å². The van der Waals surface area contributed by atoms with Crippen LogP contribution >= 0.6 is 0 Å². The maximum Gasteiger partial charge on any atom is 0.273 e.